The summed E-state index contributed by atoms with van der Waals surface area (Å²) in [7, 11) is 0. The third-order valence-electron chi connectivity index (χ3n) is 5.80. The Kier molecular flexibility index (Phi) is 7.42. The monoisotopic (exact) mass is 543 g/mol. The van der Waals surface area contributed by atoms with Gasteiger partial charge in [0.15, 0.2) is 0 Å². The Hall–Kier alpha value is -3.83. The smallest absolute Gasteiger partial charge is 0.271 e. The van der Waals surface area contributed by atoms with Gasteiger partial charge in [0.1, 0.15) is 0 Å². The van der Waals surface area contributed by atoms with Crippen molar-refractivity contribution in [1.82, 2.24) is 9.99 Å². The molecule has 0 unspecified atom stereocenters. The predicted octanol–water partition coefficient (Wildman–Crippen LogP) is 8.54. The van der Waals surface area contributed by atoms with Crippen LogP contribution in [0.1, 0.15) is 15.9 Å². The molecule has 5 aromatic rings. The second-order valence-corrected chi connectivity index (χ2v) is 9.43. The second-order valence-electron chi connectivity index (χ2n) is 8.21. The maximum absolute atomic E-state index is 12.7. The van der Waals surface area contributed by atoms with Gasteiger partial charge in [-0.05, 0) is 59.7 Å². The van der Waals surface area contributed by atoms with E-state index in [2.05, 4.69) is 51.5 Å². The number of amides is 1. The molecule has 0 fully saturated rings. The molecule has 0 bridgehead atoms. The molecule has 7 heteroatoms. The number of hydrogen-bond acceptors (Lipinski definition) is 2. The van der Waals surface area contributed by atoms with Crippen LogP contribution in [0.2, 0.25) is 15.1 Å². The largest absolute Gasteiger partial charge is 0.309 e. The third-order valence-corrected chi connectivity index (χ3v) is 6.83. The summed E-state index contributed by atoms with van der Waals surface area (Å²) in [6.07, 6.45) is 1.41. The number of hydrazone groups is 1. The summed E-state index contributed by atoms with van der Waals surface area (Å²) in [6, 6.07) is 35.2. The Balaban J connectivity index is 1.42. The molecule has 0 spiro atoms. The van der Waals surface area contributed by atoms with E-state index in [-0.39, 0.29) is 5.91 Å². The Morgan fingerprint density at radius 2 is 1.30 bits per heavy atom. The highest BCUT2D eigenvalue weighted by Gasteiger charge is 2.14. The standard InChI is InChI=1S/C30H20Cl3N3O/c31-24-17-23(29(33)26(32)18-24)19-34-35-30(37)22-11-13-25(14-12-22)36-27(20-7-3-1-4-8-20)15-16-28(36)21-9-5-2-6-10-21/h1-19H,(H,35,37)/b34-19-. The van der Waals surface area contributed by atoms with E-state index in [1.54, 1.807) is 24.3 Å². The topological polar surface area (TPSA) is 46.4 Å². The number of rotatable bonds is 6. The summed E-state index contributed by atoms with van der Waals surface area (Å²) < 4.78 is 2.19. The van der Waals surface area contributed by atoms with E-state index in [4.69, 9.17) is 34.8 Å². The van der Waals surface area contributed by atoms with Gasteiger partial charge < -0.3 is 4.57 Å². The molecule has 1 amide bonds. The van der Waals surface area contributed by atoms with E-state index in [1.165, 1.54) is 6.21 Å². The first-order chi connectivity index (χ1) is 18.0. The number of carbonyl (C=O) groups is 1. The minimum atomic E-state index is -0.355. The van der Waals surface area contributed by atoms with E-state index in [1.807, 2.05) is 48.5 Å². The van der Waals surface area contributed by atoms with Crippen LogP contribution in [0.5, 0.6) is 0 Å². The molecule has 37 heavy (non-hydrogen) atoms. The van der Waals surface area contributed by atoms with Crippen molar-refractivity contribution >= 4 is 46.9 Å². The number of nitrogens with zero attached hydrogens (tertiary/aromatic N) is 2. The average molecular weight is 545 g/mol. The van der Waals surface area contributed by atoms with Gasteiger partial charge in [0.05, 0.1) is 27.6 Å². The van der Waals surface area contributed by atoms with Crippen LogP contribution in [-0.4, -0.2) is 16.7 Å². The Morgan fingerprint density at radius 3 is 1.86 bits per heavy atom. The number of nitrogens with one attached hydrogen (secondary N) is 1. The highest BCUT2D eigenvalue weighted by Crippen LogP contribution is 2.32. The first kappa shape index (κ1) is 24.8. The van der Waals surface area contributed by atoms with Gasteiger partial charge in [-0.1, -0.05) is 95.5 Å². The van der Waals surface area contributed by atoms with Crippen LogP contribution < -0.4 is 5.43 Å². The zero-order valence-electron chi connectivity index (χ0n) is 19.4. The normalized spacial score (nSPS) is 11.1. The number of carbonyl (C=O) groups excluding carboxylic acids is 1. The first-order valence-corrected chi connectivity index (χ1v) is 12.6. The number of hydrogen-bond donors (Lipinski definition) is 1. The first-order valence-electron chi connectivity index (χ1n) is 11.4. The molecular formula is C30H20Cl3N3O. The summed E-state index contributed by atoms with van der Waals surface area (Å²) in [5.41, 5.74) is 8.73. The van der Waals surface area contributed by atoms with Crippen molar-refractivity contribution in [2.75, 3.05) is 0 Å². The van der Waals surface area contributed by atoms with Gasteiger partial charge in [-0.2, -0.15) is 5.10 Å². The number of halogens is 3. The molecule has 0 saturated heterocycles. The van der Waals surface area contributed by atoms with Gasteiger partial charge in [0, 0.05) is 21.8 Å². The Labute approximate surface area is 229 Å². The molecule has 5 rings (SSSR count). The summed E-state index contributed by atoms with van der Waals surface area (Å²) >= 11 is 18.3. The van der Waals surface area contributed by atoms with E-state index < -0.39 is 0 Å². The van der Waals surface area contributed by atoms with Gasteiger partial charge in [-0.3, -0.25) is 4.79 Å². The predicted molar refractivity (Wildman–Crippen MR) is 153 cm³/mol. The van der Waals surface area contributed by atoms with Crippen molar-refractivity contribution in [1.29, 1.82) is 0 Å². The van der Waals surface area contributed by atoms with Gasteiger partial charge >= 0.3 is 0 Å². The zero-order valence-corrected chi connectivity index (χ0v) is 21.7. The molecule has 0 atom stereocenters. The van der Waals surface area contributed by atoms with Gasteiger partial charge in [0.2, 0.25) is 0 Å². The summed E-state index contributed by atoms with van der Waals surface area (Å²) in [6.45, 7) is 0. The molecule has 0 saturated carbocycles. The van der Waals surface area contributed by atoms with Gasteiger partial charge in [-0.25, -0.2) is 5.43 Å². The van der Waals surface area contributed by atoms with Crippen LogP contribution in [0.25, 0.3) is 28.2 Å². The quantitative estimate of drug-likeness (QED) is 0.130. The van der Waals surface area contributed by atoms with E-state index >= 15 is 0 Å². The fraction of sp³-hybridized carbons (Fsp3) is 0. The van der Waals surface area contributed by atoms with Crippen molar-refractivity contribution in [2.24, 2.45) is 5.10 Å². The zero-order chi connectivity index (χ0) is 25.8. The van der Waals surface area contributed by atoms with Crippen molar-refractivity contribution < 1.29 is 4.79 Å². The molecule has 0 radical (unpaired) electrons. The Bertz CT molecular complexity index is 1520. The summed E-state index contributed by atoms with van der Waals surface area (Å²) in [5, 5.41) is 5.05. The van der Waals surface area contributed by atoms with Crippen LogP contribution in [-0.2, 0) is 0 Å². The van der Waals surface area contributed by atoms with Crippen molar-refractivity contribution in [3.8, 4) is 28.2 Å². The lowest BCUT2D eigenvalue weighted by atomic mass is 10.1. The van der Waals surface area contributed by atoms with Crippen LogP contribution in [0, 0.1) is 0 Å². The maximum atomic E-state index is 12.7. The van der Waals surface area contributed by atoms with Crippen molar-refractivity contribution in [3.63, 3.8) is 0 Å². The molecule has 0 aliphatic rings. The van der Waals surface area contributed by atoms with Crippen molar-refractivity contribution in [2.45, 2.75) is 0 Å². The fourth-order valence-electron chi connectivity index (χ4n) is 4.04. The lowest BCUT2D eigenvalue weighted by Gasteiger charge is -2.15. The number of aromatic nitrogens is 1. The molecule has 182 valence electrons. The van der Waals surface area contributed by atoms with E-state index in [0.717, 1.165) is 28.2 Å². The molecule has 1 N–H and O–H groups in total. The molecular weight excluding hydrogens is 525 g/mol. The van der Waals surface area contributed by atoms with Crippen LogP contribution in [0.15, 0.2) is 114 Å². The fourth-order valence-corrected chi connectivity index (χ4v) is 4.71. The summed E-state index contributed by atoms with van der Waals surface area (Å²) in [4.78, 5) is 12.7. The number of benzene rings is 4. The van der Waals surface area contributed by atoms with Crippen LogP contribution >= 0.6 is 34.8 Å². The highest BCUT2D eigenvalue weighted by atomic mass is 35.5. The van der Waals surface area contributed by atoms with E-state index in [9.17, 15) is 4.79 Å². The van der Waals surface area contributed by atoms with Gasteiger partial charge in [0.25, 0.3) is 5.91 Å². The SMILES string of the molecule is O=C(N/N=C\c1cc(Cl)cc(Cl)c1Cl)c1ccc(-n2c(-c3ccccc3)ccc2-c2ccccc2)cc1. The minimum Gasteiger partial charge on any atom is -0.309 e. The van der Waals surface area contributed by atoms with Gasteiger partial charge in [-0.15, -0.1) is 0 Å². The maximum Gasteiger partial charge on any atom is 0.271 e. The minimum absolute atomic E-state index is 0.309. The third kappa shape index (κ3) is 5.47. The molecule has 0 aliphatic heterocycles. The second kappa shape index (κ2) is 11.1. The molecule has 0 aliphatic carbocycles. The van der Waals surface area contributed by atoms with Crippen LogP contribution in [0.4, 0.5) is 0 Å². The van der Waals surface area contributed by atoms with E-state index in [0.29, 0.717) is 26.2 Å². The molecule has 4 aromatic carbocycles. The lowest BCUT2D eigenvalue weighted by Crippen LogP contribution is -2.17. The molecule has 1 aromatic heterocycles. The average Bonchev–Trinajstić information content (AvgIpc) is 3.37. The Morgan fingerprint density at radius 1 is 0.730 bits per heavy atom. The lowest BCUT2D eigenvalue weighted by molar-refractivity contribution is 0.0955. The highest BCUT2D eigenvalue weighted by molar-refractivity contribution is 6.44. The molecule has 1 heterocycles. The van der Waals surface area contributed by atoms with Crippen LogP contribution in [0.3, 0.4) is 0 Å². The van der Waals surface area contributed by atoms with Crippen molar-refractivity contribution in [3.05, 3.63) is 135 Å². The molecule has 4 nitrogen and oxygen atoms in total. The summed E-state index contributed by atoms with van der Waals surface area (Å²) in [5.74, 6) is -0.355.